The number of amides is 1. The lowest BCUT2D eigenvalue weighted by atomic mass is 9.71. The minimum absolute atomic E-state index is 0.0247. The van der Waals surface area contributed by atoms with Crippen LogP contribution >= 0.6 is 0 Å². The van der Waals surface area contributed by atoms with Crippen LogP contribution in [0.15, 0.2) is 42.6 Å². The summed E-state index contributed by atoms with van der Waals surface area (Å²) in [4.78, 5) is 21.8. The number of carbonyl (C=O) groups excluding carboxylic acids is 1. The molecule has 1 aliphatic heterocycles. The summed E-state index contributed by atoms with van der Waals surface area (Å²) in [5.74, 6) is 0.305. The molecular formula is C24H33N3O2. The molecule has 1 atom stereocenters. The number of phenols is 1. The number of benzene rings is 1. The van der Waals surface area contributed by atoms with Gasteiger partial charge in [0.05, 0.1) is 16.7 Å². The summed E-state index contributed by atoms with van der Waals surface area (Å²) in [5.41, 5.74) is 2.42. The molecule has 29 heavy (non-hydrogen) atoms. The molecule has 1 unspecified atom stereocenters. The number of hydrogen-bond donors (Lipinski definition) is 1. The third-order valence-electron chi connectivity index (χ3n) is 6.06. The standard InChI is InChI=1S/C24H33N3O2/c1-4-14-26-15-8-13-24(18-26,20-9-7-10-21(28)16-20)22-12-11-19(17-25-22)23(29)27(5-2)6-3/h7,9-12,16-17,28H,4-6,8,13-15,18H2,1-3H3. The first-order chi connectivity index (χ1) is 14.0. The van der Waals surface area contributed by atoms with E-state index in [9.17, 15) is 9.90 Å². The van der Waals surface area contributed by atoms with Crippen LogP contribution in [0.5, 0.6) is 5.75 Å². The van der Waals surface area contributed by atoms with E-state index in [1.165, 1.54) is 0 Å². The number of carbonyl (C=O) groups is 1. The number of piperidine rings is 1. The second-order valence-electron chi connectivity index (χ2n) is 7.92. The number of likely N-dealkylation sites (tertiary alicyclic amines) is 1. The molecule has 0 spiro atoms. The smallest absolute Gasteiger partial charge is 0.255 e. The van der Waals surface area contributed by atoms with Crippen LogP contribution < -0.4 is 0 Å². The summed E-state index contributed by atoms with van der Waals surface area (Å²) in [6, 6.07) is 11.5. The van der Waals surface area contributed by atoms with Crippen LogP contribution in [0.25, 0.3) is 0 Å². The Kier molecular flexibility index (Phi) is 6.91. The van der Waals surface area contributed by atoms with Crippen molar-refractivity contribution in [1.82, 2.24) is 14.8 Å². The van der Waals surface area contributed by atoms with Crippen LogP contribution in [-0.4, -0.2) is 58.5 Å². The summed E-state index contributed by atoms with van der Waals surface area (Å²) in [7, 11) is 0. The molecule has 1 fully saturated rings. The molecule has 0 bridgehead atoms. The summed E-state index contributed by atoms with van der Waals surface area (Å²) in [5, 5.41) is 10.1. The van der Waals surface area contributed by atoms with Gasteiger partial charge < -0.3 is 14.9 Å². The van der Waals surface area contributed by atoms with Crippen molar-refractivity contribution in [1.29, 1.82) is 0 Å². The van der Waals surface area contributed by atoms with Gasteiger partial charge in [0.2, 0.25) is 0 Å². The van der Waals surface area contributed by atoms with Gasteiger partial charge in [-0.3, -0.25) is 9.78 Å². The van der Waals surface area contributed by atoms with Crippen molar-refractivity contribution in [2.45, 2.75) is 45.4 Å². The largest absolute Gasteiger partial charge is 0.508 e. The molecule has 0 saturated carbocycles. The highest BCUT2D eigenvalue weighted by atomic mass is 16.3. The minimum Gasteiger partial charge on any atom is -0.508 e. The topological polar surface area (TPSA) is 56.7 Å². The van der Waals surface area contributed by atoms with Crippen molar-refractivity contribution >= 4 is 5.91 Å². The molecule has 0 aliphatic carbocycles. The van der Waals surface area contributed by atoms with E-state index in [0.29, 0.717) is 18.7 Å². The molecule has 1 aromatic heterocycles. The quantitative estimate of drug-likeness (QED) is 0.768. The van der Waals surface area contributed by atoms with Gasteiger partial charge in [-0.2, -0.15) is 0 Å². The Balaban J connectivity index is 2.00. The Morgan fingerprint density at radius 3 is 2.62 bits per heavy atom. The summed E-state index contributed by atoms with van der Waals surface area (Å²) in [6.07, 6.45) is 4.89. The Morgan fingerprint density at radius 1 is 1.21 bits per heavy atom. The average Bonchev–Trinajstić information content (AvgIpc) is 2.75. The fourth-order valence-corrected chi connectivity index (χ4v) is 4.54. The molecule has 2 aromatic rings. The number of hydrogen-bond acceptors (Lipinski definition) is 4. The Labute approximate surface area is 174 Å². The molecule has 1 saturated heterocycles. The molecule has 0 radical (unpaired) electrons. The number of phenolic OH excluding ortho intramolecular Hbond substituents is 1. The number of aromatic hydroxyl groups is 1. The maximum absolute atomic E-state index is 12.7. The second-order valence-corrected chi connectivity index (χ2v) is 7.92. The highest BCUT2D eigenvalue weighted by Crippen LogP contribution is 2.40. The van der Waals surface area contributed by atoms with Crippen molar-refractivity contribution in [3.05, 3.63) is 59.4 Å². The number of nitrogens with zero attached hydrogens (tertiary/aromatic N) is 3. The van der Waals surface area contributed by atoms with Crippen molar-refractivity contribution in [2.24, 2.45) is 0 Å². The molecule has 5 nitrogen and oxygen atoms in total. The van der Waals surface area contributed by atoms with E-state index in [0.717, 1.165) is 50.2 Å². The van der Waals surface area contributed by atoms with E-state index in [1.54, 1.807) is 12.3 Å². The molecule has 1 N–H and O–H groups in total. The van der Waals surface area contributed by atoms with Crippen molar-refractivity contribution in [3.8, 4) is 5.75 Å². The fourth-order valence-electron chi connectivity index (χ4n) is 4.54. The van der Waals surface area contributed by atoms with Crippen LogP contribution in [-0.2, 0) is 5.41 Å². The van der Waals surface area contributed by atoms with Crippen LogP contribution in [0.2, 0.25) is 0 Å². The van der Waals surface area contributed by atoms with Gasteiger partial charge >= 0.3 is 0 Å². The molecule has 1 amide bonds. The Bertz CT molecular complexity index is 815. The monoisotopic (exact) mass is 395 g/mol. The highest BCUT2D eigenvalue weighted by Gasteiger charge is 2.40. The van der Waals surface area contributed by atoms with Gasteiger partial charge in [0.1, 0.15) is 5.75 Å². The summed E-state index contributed by atoms with van der Waals surface area (Å²) >= 11 is 0. The zero-order valence-electron chi connectivity index (χ0n) is 17.9. The lowest BCUT2D eigenvalue weighted by Crippen LogP contribution is -2.47. The first-order valence-electron chi connectivity index (χ1n) is 10.8. The molecule has 1 aliphatic rings. The van der Waals surface area contributed by atoms with Gasteiger partial charge in [-0.1, -0.05) is 19.1 Å². The van der Waals surface area contributed by atoms with Gasteiger partial charge in [0.15, 0.2) is 0 Å². The normalized spacial score (nSPS) is 19.8. The van der Waals surface area contributed by atoms with E-state index in [4.69, 9.17) is 4.98 Å². The number of aromatic nitrogens is 1. The predicted molar refractivity (Wildman–Crippen MR) is 116 cm³/mol. The van der Waals surface area contributed by atoms with Gasteiger partial charge in [0, 0.05) is 25.8 Å². The van der Waals surface area contributed by atoms with E-state index in [1.807, 2.05) is 43.0 Å². The number of pyridine rings is 1. The zero-order valence-corrected chi connectivity index (χ0v) is 17.9. The van der Waals surface area contributed by atoms with Crippen molar-refractivity contribution in [2.75, 3.05) is 32.7 Å². The van der Waals surface area contributed by atoms with Gasteiger partial charge in [-0.25, -0.2) is 0 Å². The molecule has 156 valence electrons. The van der Waals surface area contributed by atoms with Crippen LogP contribution in [0, 0.1) is 0 Å². The molecule has 2 heterocycles. The second kappa shape index (κ2) is 9.40. The van der Waals surface area contributed by atoms with Crippen LogP contribution in [0.4, 0.5) is 0 Å². The first kappa shape index (κ1) is 21.3. The van der Waals surface area contributed by atoms with Gasteiger partial charge in [0.25, 0.3) is 5.91 Å². The SMILES string of the molecule is CCCN1CCCC(c2cccc(O)c2)(c2ccc(C(=O)N(CC)CC)cn2)C1. The molecule has 1 aromatic carbocycles. The third-order valence-corrected chi connectivity index (χ3v) is 6.06. The summed E-state index contributed by atoms with van der Waals surface area (Å²) in [6.45, 7) is 10.6. The van der Waals surface area contributed by atoms with E-state index in [-0.39, 0.29) is 17.1 Å². The minimum atomic E-state index is -0.275. The fraction of sp³-hybridized carbons (Fsp3) is 0.500. The van der Waals surface area contributed by atoms with Gasteiger partial charge in [-0.15, -0.1) is 0 Å². The Hall–Kier alpha value is -2.40. The third kappa shape index (κ3) is 4.45. The average molecular weight is 396 g/mol. The first-order valence-corrected chi connectivity index (χ1v) is 10.8. The van der Waals surface area contributed by atoms with E-state index in [2.05, 4.69) is 17.9 Å². The predicted octanol–water partition coefficient (Wildman–Crippen LogP) is 4.06. The van der Waals surface area contributed by atoms with Crippen LogP contribution in [0.1, 0.15) is 61.6 Å². The molecule has 5 heteroatoms. The molecular weight excluding hydrogens is 362 g/mol. The zero-order chi connectivity index (χ0) is 20.9. The number of rotatable bonds is 7. The molecule has 3 rings (SSSR count). The van der Waals surface area contributed by atoms with E-state index < -0.39 is 0 Å². The van der Waals surface area contributed by atoms with E-state index >= 15 is 0 Å². The lowest BCUT2D eigenvalue weighted by molar-refractivity contribution is 0.0772. The Morgan fingerprint density at radius 2 is 2.00 bits per heavy atom. The maximum atomic E-state index is 12.7. The highest BCUT2D eigenvalue weighted by molar-refractivity contribution is 5.93. The van der Waals surface area contributed by atoms with Crippen molar-refractivity contribution < 1.29 is 9.90 Å². The maximum Gasteiger partial charge on any atom is 0.255 e. The van der Waals surface area contributed by atoms with Gasteiger partial charge in [-0.05, 0) is 76.0 Å². The lowest BCUT2D eigenvalue weighted by Gasteiger charge is -2.43. The van der Waals surface area contributed by atoms with Crippen LogP contribution in [0.3, 0.4) is 0 Å². The summed E-state index contributed by atoms with van der Waals surface area (Å²) < 4.78 is 0. The van der Waals surface area contributed by atoms with Crippen molar-refractivity contribution in [3.63, 3.8) is 0 Å².